The molecule has 4 N–H and O–H groups in total. The van der Waals surface area contributed by atoms with Gasteiger partial charge >= 0.3 is 5.97 Å². The zero-order valence-corrected chi connectivity index (χ0v) is 22.6. The Balaban J connectivity index is 1.24. The van der Waals surface area contributed by atoms with Crippen molar-refractivity contribution in [2.24, 2.45) is 5.73 Å². The second-order valence-electron chi connectivity index (χ2n) is 9.86. The number of hydrogen-bond acceptors (Lipinski definition) is 5. The van der Waals surface area contributed by atoms with Gasteiger partial charge in [0.1, 0.15) is 12.1 Å². The van der Waals surface area contributed by atoms with E-state index >= 15 is 0 Å². The molecule has 41 heavy (non-hydrogen) atoms. The molecule has 0 saturated carbocycles. The highest BCUT2D eigenvalue weighted by molar-refractivity contribution is 5.82. The van der Waals surface area contributed by atoms with Gasteiger partial charge in [-0.25, -0.2) is 4.79 Å². The number of aromatic amines is 1. The molecule has 0 aliphatic heterocycles. The van der Waals surface area contributed by atoms with E-state index in [-0.39, 0.29) is 18.9 Å². The number of esters is 1. The molecule has 0 bridgehead atoms. The summed E-state index contributed by atoms with van der Waals surface area (Å²) in [5, 5.41) is 11.2. The molecular weight excluding hydrogens is 512 g/mol. The van der Waals surface area contributed by atoms with E-state index in [0.717, 1.165) is 33.2 Å². The molecule has 1 aromatic heterocycles. The van der Waals surface area contributed by atoms with Crippen molar-refractivity contribution >= 4 is 22.8 Å². The second-order valence-corrected chi connectivity index (χ2v) is 9.86. The summed E-state index contributed by atoms with van der Waals surface area (Å²) in [7, 11) is 0. The third kappa shape index (κ3) is 6.59. The fraction of sp³-hybridized carbons (Fsp3) is 0.147. The van der Waals surface area contributed by atoms with Crippen molar-refractivity contribution in [3.05, 3.63) is 150 Å². The predicted molar refractivity (Wildman–Crippen MR) is 160 cm³/mol. The van der Waals surface area contributed by atoms with Gasteiger partial charge in [0.25, 0.3) is 0 Å². The Bertz CT molecular complexity index is 1520. The Morgan fingerprint density at radius 2 is 1.46 bits per heavy atom. The van der Waals surface area contributed by atoms with Gasteiger partial charge in [-0.2, -0.15) is 5.10 Å². The Labute approximate surface area is 239 Å². The van der Waals surface area contributed by atoms with Crippen LogP contribution in [0.5, 0.6) is 0 Å². The third-order valence-corrected chi connectivity index (χ3v) is 7.02. The van der Waals surface area contributed by atoms with Crippen LogP contribution >= 0.6 is 0 Å². The molecule has 7 nitrogen and oxygen atoms in total. The minimum absolute atomic E-state index is 0.141. The van der Waals surface area contributed by atoms with E-state index in [2.05, 4.69) is 15.5 Å². The van der Waals surface area contributed by atoms with E-state index in [4.69, 9.17) is 10.5 Å². The molecule has 5 rings (SSSR count). The van der Waals surface area contributed by atoms with E-state index in [1.165, 1.54) is 6.08 Å². The quantitative estimate of drug-likeness (QED) is 0.118. The summed E-state index contributed by atoms with van der Waals surface area (Å²) in [6.07, 6.45) is 5.16. The first-order chi connectivity index (χ1) is 20.0. The highest BCUT2D eigenvalue weighted by Crippen LogP contribution is 2.36. The molecule has 0 aliphatic rings. The number of fused-ring (bicyclic) bond motifs is 1. The Morgan fingerprint density at radius 3 is 2.05 bits per heavy atom. The SMILES string of the molecule is N[C@H](/C=C/C(=O)OCc1ccc2[nH]ncc2c1)CCC(=O)NC(c1ccccc1)(c1ccccc1)c1ccccc1. The Morgan fingerprint density at radius 1 is 0.878 bits per heavy atom. The van der Waals surface area contributed by atoms with Gasteiger partial charge in [-0.15, -0.1) is 0 Å². The minimum atomic E-state index is -0.885. The fourth-order valence-corrected chi connectivity index (χ4v) is 4.93. The van der Waals surface area contributed by atoms with Crippen molar-refractivity contribution in [2.75, 3.05) is 0 Å². The monoisotopic (exact) mass is 544 g/mol. The van der Waals surface area contributed by atoms with Crippen LogP contribution in [0.3, 0.4) is 0 Å². The maximum Gasteiger partial charge on any atom is 0.330 e. The lowest BCUT2D eigenvalue weighted by atomic mass is 9.77. The zero-order chi connectivity index (χ0) is 28.5. The molecule has 0 saturated heterocycles. The number of aromatic nitrogens is 2. The molecule has 4 aromatic carbocycles. The van der Waals surface area contributed by atoms with Gasteiger partial charge in [-0.3, -0.25) is 9.89 Å². The number of benzene rings is 4. The number of carbonyl (C=O) groups is 2. The lowest BCUT2D eigenvalue weighted by molar-refractivity contribution is -0.139. The van der Waals surface area contributed by atoms with Crippen LogP contribution in [0.25, 0.3) is 10.9 Å². The smallest absolute Gasteiger partial charge is 0.330 e. The molecule has 1 amide bonds. The van der Waals surface area contributed by atoms with Crippen LogP contribution in [0.1, 0.15) is 35.1 Å². The zero-order valence-electron chi connectivity index (χ0n) is 22.6. The maximum atomic E-state index is 13.5. The first-order valence-corrected chi connectivity index (χ1v) is 13.5. The first-order valence-electron chi connectivity index (χ1n) is 13.5. The van der Waals surface area contributed by atoms with Crippen LogP contribution in [0, 0.1) is 0 Å². The summed E-state index contributed by atoms with van der Waals surface area (Å²) in [5.41, 5.74) is 9.98. The Kier molecular flexibility index (Phi) is 8.67. The van der Waals surface area contributed by atoms with Gasteiger partial charge in [0.15, 0.2) is 0 Å². The van der Waals surface area contributed by atoms with E-state index in [9.17, 15) is 9.59 Å². The number of carbonyl (C=O) groups excluding carboxylic acids is 2. The predicted octanol–water partition coefficient (Wildman–Crippen LogP) is 5.38. The van der Waals surface area contributed by atoms with Gasteiger partial charge in [0.2, 0.25) is 5.91 Å². The van der Waals surface area contributed by atoms with Gasteiger partial charge in [-0.1, -0.05) is 103 Å². The van der Waals surface area contributed by atoms with Crippen LogP contribution in [-0.2, 0) is 26.5 Å². The normalized spacial score (nSPS) is 12.3. The molecule has 7 heteroatoms. The molecule has 0 radical (unpaired) electrons. The lowest BCUT2D eigenvalue weighted by Gasteiger charge is -2.37. The van der Waals surface area contributed by atoms with Crippen LogP contribution < -0.4 is 11.1 Å². The third-order valence-electron chi connectivity index (χ3n) is 7.02. The van der Waals surface area contributed by atoms with E-state index < -0.39 is 17.6 Å². The summed E-state index contributed by atoms with van der Waals surface area (Å²) >= 11 is 0. The molecule has 5 aromatic rings. The van der Waals surface area contributed by atoms with Gasteiger partial charge < -0.3 is 15.8 Å². The summed E-state index contributed by atoms with van der Waals surface area (Å²) in [6, 6.07) is 35.0. The van der Waals surface area contributed by atoms with E-state index in [1.807, 2.05) is 109 Å². The number of hydrogen-bond donors (Lipinski definition) is 3. The average molecular weight is 545 g/mol. The van der Waals surface area contributed by atoms with E-state index in [0.29, 0.717) is 6.42 Å². The van der Waals surface area contributed by atoms with Crippen molar-refractivity contribution in [1.29, 1.82) is 0 Å². The average Bonchev–Trinajstić information content (AvgIpc) is 3.50. The van der Waals surface area contributed by atoms with Crippen LogP contribution in [-0.4, -0.2) is 28.1 Å². The first kappa shape index (κ1) is 27.6. The van der Waals surface area contributed by atoms with E-state index in [1.54, 1.807) is 12.3 Å². The largest absolute Gasteiger partial charge is 0.458 e. The summed E-state index contributed by atoms with van der Waals surface area (Å²) in [5.74, 6) is -0.643. The highest BCUT2D eigenvalue weighted by Gasteiger charge is 2.37. The van der Waals surface area contributed by atoms with Crippen LogP contribution in [0.15, 0.2) is 128 Å². The number of ether oxygens (including phenoxy) is 1. The summed E-state index contributed by atoms with van der Waals surface area (Å²) in [4.78, 5) is 25.7. The number of nitrogens with two attached hydrogens (primary N) is 1. The van der Waals surface area contributed by atoms with Crippen molar-refractivity contribution in [1.82, 2.24) is 15.5 Å². The molecule has 0 aliphatic carbocycles. The lowest BCUT2D eigenvalue weighted by Crippen LogP contribution is -2.48. The molecule has 0 spiro atoms. The maximum absolute atomic E-state index is 13.5. The molecule has 1 heterocycles. The number of rotatable bonds is 11. The molecule has 0 unspecified atom stereocenters. The summed E-state index contributed by atoms with van der Waals surface area (Å²) in [6.45, 7) is 0.141. The minimum Gasteiger partial charge on any atom is -0.458 e. The molecule has 0 fully saturated rings. The number of nitrogens with one attached hydrogen (secondary N) is 2. The second kappa shape index (κ2) is 12.9. The topological polar surface area (TPSA) is 110 Å². The van der Waals surface area contributed by atoms with Crippen molar-refractivity contribution < 1.29 is 14.3 Å². The fourth-order valence-electron chi connectivity index (χ4n) is 4.93. The van der Waals surface area contributed by atoms with Crippen molar-refractivity contribution in [3.8, 4) is 0 Å². The van der Waals surface area contributed by atoms with Gasteiger partial charge in [-0.05, 0) is 40.8 Å². The highest BCUT2D eigenvalue weighted by atomic mass is 16.5. The van der Waals surface area contributed by atoms with Crippen molar-refractivity contribution in [3.63, 3.8) is 0 Å². The van der Waals surface area contributed by atoms with Crippen molar-refractivity contribution in [2.45, 2.75) is 31.0 Å². The number of H-pyrrole nitrogens is 1. The van der Waals surface area contributed by atoms with Crippen LogP contribution in [0.4, 0.5) is 0 Å². The Hall–Kier alpha value is -5.01. The number of nitrogens with zero attached hydrogens (tertiary/aromatic N) is 1. The summed E-state index contributed by atoms with van der Waals surface area (Å²) < 4.78 is 5.35. The van der Waals surface area contributed by atoms with Crippen LogP contribution in [0.2, 0.25) is 0 Å². The number of amides is 1. The standard InChI is InChI=1S/C34H32N4O3/c35-30(18-21-33(40)41-24-25-16-19-31-26(22-25)23-36-38-31)17-20-32(39)37-34(27-10-4-1-5-11-27,28-12-6-2-7-13-28)29-14-8-3-9-15-29/h1-16,18-19,21-23,30H,17,20,24,35H2,(H,36,38)(H,37,39)/b21-18+/t30-/m0/s1. The molecule has 206 valence electrons. The van der Waals surface area contributed by atoms with Gasteiger partial charge in [0, 0.05) is 23.9 Å². The molecule has 1 atom stereocenters. The molecular formula is C34H32N4O3. The van der Waals surface area contributed by atoms with Gasteiger partial charge in [0.05, 0.1) is 11.7 Å².